The van der Waals surface area contributed by atoms with E-state index >= 15 is 0 Å². The molecule has 0 spiro atoms. The lowest BCUT2D eigenvalue weighted by Crippen LogP contribution is -2.67. The smallest absolute Gasteiger partial charge is 0.408 e. The second-order valence-corrected chi connectivity index (χ2v) is 9.44. The van der Waals surface area contributed by atoms with E-state index in [1.807, 2.05) is 30.3 Å². The van der Waals surface area contributed by atoms with Crippen molar-refractivity contribution in [1.82, 2.24) is 16.0 Å². The highest BCUT2D eigenvalue weighted by atomic mass is 16.6. The highest BCUT2D eigenvalue weighted by Crippen LogP contribution is 2.15. The minimum absolute atomic E-state index is 0.0318. The molecule has 1 aromatic rings. The van der Waals surface area contributed by atoms with Crippen LogP contribution in [0.2, 0.25) is 0 Å². The lowest BCUT2D eigenvalue weighted by Gasteiger charge is -2.37. The second-order valence-electron chi connectivity index (χ2n) is 9.44. The molecular weight excluding hydrogens is 386 g/mol. The minimum atomic E-state index is -0.804. The van der Waals surface area contributed by atoms with E-state index in [1.54, 1.807) is 41.5 Å². The molecule has 0 aliphatic carbocycles. The summed E-state index contributed by atoms with van der Waals surface area (Å²) in [5.41, 5.74) is -0.363. The van der Waals surface area contributed by atoms with E-state index in [0.29, 0.717) is 6.42 Å². The van der Waals surface area contributed by atoms with Crippen LogP contribution >= 0.6 is 0 Å². The quantitative estimate of drug-likeness (QED) is 0.632. The van der Waals surface area contributed by atoms with Gasteiger partial charge in [-0.3, -0.25) is 14.9 Å². The number of carbonyl (C=O) groups excluding carboxylic acids is 3. The maximum absolute atomic E-state index is 12.5. The average Bonchev–Trinajstić information content (AvgIpc) is 2.58. The number of carbonyl (C=O) groups is 3. The first-order valence-corrected chi connectivity index (χ1v) is 10.1. The molecule has 0 bridgehead atoms. The van der Waals surface area contributed by atoms with Gasteiger partial charge in [0.1, 0.15) is 23.4 Å². The molecule has 166 valence electrons. The van der Waals surface area contributed by atoms with E-state index in [9.17, 15) is 14.4 Å². The van der Waals surface area contributed by atoms with Crippen LogP contribution in [0.25, 0.3) is 0 Å². The summed E-state index contributed by atoms with van der Waals surface area (Å²) >= 11 is 0. The van der Waals surface area contributed by atoms with E-state index in [4.69, 9.17) is 9.47 Å². The topological polar surface area (TPSA) is 106 Å². The maximum Gasteiger partial charge on any atom is 0.408 e. The van der Waals surface area contributed by atoms with Gasteiger partial charge in [0.25, 0.3) is 0 Å². The van der Waals surface area contributed by atoms with Gasteiger partial charge in [0.15, 0.2) is 0 Å². The summed E-state index contributed by atoms with van der Waals surface area (Å²) in [6, 6.07) is 8.21. The summed E-state index contributed by atoms with van der Waals surface area (Å²) in [5.74, 6) is -0.795. The number of benzene rings is 1. The SMILES string of the molecule is CC(C)(C)OC(=O)N[C@@H](Cc1ccccc1)C1NC(=O)C[C@@H](C(=O)OC(C)(C)C)N1. The molecule has 1 aliphatic heterocycles. The summed E-state index contributed by atoms with van der Waals surface area (Å²) in [7, 11) is 0. The van der Waals surface area contributed by atoms with Gasteiger partial charge in [0.2, 0.25) is 5.91 Å². The average molecular weight is 420 g/mol. The van der Waals surface area contributed by atoms with Crippen molar-refractivity contribution in [2.45, 2.75) is 83.8 Å². The van der Waals surface area contributed by atoms with Gasteiger partial charge in [-0.15, -0.1) is 0 Å². The number of amides is 2. The molecule has 8 heteroatoms. The van der Waals surface area contributed by atoms with Crippen molar-refractivity contribution in [3.8, 4) is 0 Å². The fourth-order valence-electron chi connectivity index (χ4n) is 3.06. The van der Waals surface area contributed by atoms with Gasteiger partial charge >= 0.3 is 12.1 Å². The van der Waals surface area contributed by atoms with Crippen LogP contribution in [0.15, 0.2) is 30.3 Å². The first kappa shape index (κ1) is 23.7. The summed E-state index contributed by atoms with van der Waals surface area (Å²) < 4.78 is 10.8. The number of nitrogens with one attached hydrogen (secondary N) is 3. The lowest BCUT2D eigenvalue weighted by molar-refractivity contribution is -0.160. The van der Waals surface area contributed by atoms with Crippen LogP contribution in [0, 0.1) is 0 Å². The number of alkyl carbamates (subject to hydrolysis) is 1. The molecule has 0 aromatic heterocycles. The van der Waals surface area contributed by atoms with Gasteiger partial charge in [-0.25, -0.2) is 4.79 Å². The highest BCUT2D eigenvalue weighted by molar-refractivity contribution is 5.87. The van der Waals surface area contributed by atoms with Gasteiger partial charge in [-0.2, -0.15) is 0 Å². The molecule has 1 aliphatic rings. The minimum Gasteiger partial charge on any atom is -0.459 e. The van der Waals surface area contributed by atoms with Crippen LogP contribution < -0.4 is 16.0 Å². The van der Waals surface area contributed by atoms with E-state index in [0.717, 1.165) is 5.56 Å². The van der Waals surface area contributed by atoms with Crippen molar-refractivity contribution < 1.29 is 23.9 Å². The van der Waals surface area contributed by atoms with Crippen LogP contribution in [-0.4, -0.2) is 47.4 Å². The molecule has 1 fully saturated rings. The molecule has 0 saturated carbocycles. The predicted octanol–water partition coefficient (Wildman–Crippen LogP) is 2.27. The molecule has 8 nitrogen and oxygen atoms in total. The Hall–Kier alpha value is -2.61. The summed E-state index contributed by atoms with van der Waals surface area (Å²) in [6.07, 6.45) is -0.870. The molecule has 1 unspecified atom stereocenters. The van der Waals surface area contributed by atoms with Crippen molar-refractivity contribution in [3.63, 3.8) is 0 Å². The zero-order valence-corrected chi connectivity index (χ0v) is 18.6. The Kier molecular flexibility index (Phi) is 7.47. The Labute approximate surface area is 178 Å². The van der Waals surface area contributed by atoms with Crippen molar-refractivity contribution >= 4 is 18.0 Å². The molecule has 1 aromatic carbocycles. The normalized spacial score (nSPS) is 20.7. The summed E-state index contributed by atoms with van der Waals surface area (Å²) in [4.78, 5) is 37.3. The number of rotatable bonds is 5. The molecule has 1 heterocycles. The number of hydrogen-bond acceptors (Lipinski definition) is 6. The second kappa shape index (κ2) is 9.47. The molecule has 1 saturated heterocycles. The Bertz CT molecular complexity index is 752. The van der Waals surface area contributed by atoms with E-state index < -0.39 is 41.5 Å². The lowest BCUT2D eigenvalue weighted by atomic mass is 10.00. The Balaban J connectivity index is 2.19. The van der Waals surface area contributed by atoms with E-state index in [-0.39, 0.29) is 12.3 Å². The molecule has 30 heavy (non-hydrogen) atoms. The molecule has 3 atom stereocenters. The van der Waals surface area contributed by atoms with Gasteiger partial charge in [-0.05, 0) is 53.5 Å². The third-order valence-electron chi connectivity index (χ3n) is 4.18. The van der Waals surface area contributed by atoms with E-state index in [1.165, 1.54) is 0 Å². The molecule has 0 radical (unpaired) electrons. The fourth-order valence-corrected chi connectivity index (χ4v) is 3.06. The monoisotopic (exact) mass is 419 g/mol. The van der Waals surface area contributed by atoms with Crippen molar-refractivity contribution in [3.05, 3.63) is 35.9 Å². The molecule has 2 amide bonds. The van der Waals surface area contributed by atoms with E-state index in [2.05, 4.69) is 16.0 Å². The van der Waals surface area contributed by atoms with Gasteiger partial charge in [0, 0.05) is 0 Å². The van der Waals surface area contributed by atoms with Crippen LogP contribution in [0.4, 0.5) is 4.79 Å². The third-order valence-corrected chi connectivity index (χ3v) is 4.18. The highest BCUT2D eigenvalue weighted by Gasteiger charge is 2.37. The Morgan fingerprint density at radius 2 is 1.67 bits per heavy atom. The van der Waals surface area contributed by atoms with Crippen molar-refractivity contribution in [1.29, 1.82) is 0 Å². The summed E-state index contributed by atoms with van der Waals surface area (Å²) in [5, 5.41) is 8.77. The van der Waals surface area contributed by atoms with Crippen LogP contribution in [0.1, 0.15) is 53.5 Å². The molecule has 3 N–H and O–H groups in total. The largest absolute Gasteiger partial charge is 0.459 e. The molecular formula is C22H33N3O5. The number of esters is 1. The number of hydrogen-bond donors (Lipinski definition) is 3. The molecule has 2 rings (SSSR count). The van der Waals surface area contributed by atoms with Gasteiger partial charge in [-0.1, -0.05) is 30.3 Å². The van der Waals surface area contributed by atoms with Crippen LogP contribution in [-0.2, 0) is 25.5 Å². The first-order valence-electron chi connectivity index (χ1n) is 10.1. The van der Waals surface area contributed by atoms with Crippen LogP contribution in [0.5, 0.6) is 0 Å². The number of ether oxygens (including phenoxy) is 2. The van der Waals surface area contributed by atoms with Gasteiger partial charge in [0.05, 0.1) is 12.5 Å². The first-order chi connectivity index (χ1) is 13.8. The fraction of sp³-hybridized carbons (Fsp3) is 0.591. The Morgan fingerprint density at radius 3 is 2.23 bits per heavy atom. The van der Waals surface area contributed by atoms with Crippen LogP contribution in [0.3, 0.4) is 0 Å². The maximum atomic E-state index is 12.5. The van der Waals surface area contributed by atoms with Crippen molar-refractivity contribution in [2.75, 3.05) is 0 Å². The standard InChI is InChI=1S/C22H33N3O5/c1-21(2,3)29-19(27)16-13-17(26)25-18(23-16)15(12-14-10-8-7-9-11-14)24-20(28)30-22(4,5)6/h7-11,15-16,18,23H,12-13H2,1-6H3,(H,24,28)(H,25,26)/t15-,16-,18?/m0/s1. The summed E-state index contributed by atoms with van der Waals surface area (Å²) in [6.45, 7) is 10.6. The third kappa shape index (κ3) is 8.02. The van der Waals surface area contributed by atoms with Crippen molar-refractivity contribution in [2.24, 2.45) is 0 Å². The Morgan fingerprint density at radius 1 is 1.07 bits per heavy atom. The predicted molar refractivity (Wildman–Crippen MR) is 113 cm³/mol. The zero-order chi connectivity index (χ0) is 22.5. The zero-order valence-electron chi connectivity index (χ0n) is 18.6. The van der Waals surface area contributed by atoms with Gasteiger partial charge < -0.3 is 20.1 Å².